The molecule has 19 heavy (non-hydrogen) atoms. The largest absolute Gasteiger partial charge is 0.466 e. The van der Waals surface area contributed by atoms with Gasteiger partial charge in [0.25, 0.3) is 5.91 Å². The number of furan rings is 1. The molecule has 1 aromatic carbocycles. The lowest BCUT2D eigenvalue weighted by molar-refractivity contribution is 0.0938. The monoisotopic (exact) mass is 257 g/mol. The van der Waals surface area contributed by atoms with Crippen LogP contribution in [-0.2, 0) is 0 Å². The van der Waals surface area contributed by atoms with E-state index < -0.39 is 0 Å². The van der Waals surface area contributed by atoms with E-state index in [2.05, 4.69) is 5.32 Å². The van der Waals surface area contributed by atoms with Gasteiger partial charge in [0.1, 0.15) is 11.5 Å². The Morgan fingerprint density at radius 2 is 1.79 bits per heavy atom. The second kappa shape index (κ2) is 5.31. The Bertz CT molecular complexity index is 581. The molecule has 1 heterocycles. The number of carbonyl (C=O) groups excluding carboxylic acids is 1. The predicted molar refractivity (Wildman–Crippen MR) is 75.2 cm³/mol. The molecule has 1 N–H and O–H groups in total. The zero-order valence-corrected chi connectivity index (χ0v) is 11.8. The fraction of sp³-hybridized carbons (Fsp3) is 0.312. The van der Waals surface area contributed by atoms with Gasteiger partial charge in [-0.05, 0) is 39.3 Å². The van der Waals surface area contributed by atoms with E-state index >= 15 is 0 Å². The molecule has 1 aromatic heterocycles. The van der Waals surface area contributed by atoms with Gasteiger partial charge in [0.05, 0.1) is 11.6 Å². The molecular weight excluding hydrogens is 238 g/mol. The smallest absolute Gasteiger partial charge is 0.255 e. The van der Waals surface area contributed by atoms with Gasteiger partial charge in [-0.25, -0.2) is 0 Å². The molecule has 1 atom stereocenters. The Balaban J connectivity index is 2.10. The Hall–Kier alpha value is -2.03. The topological polar surface area (TPSA) is 42.2 Å². The van der Waals surface area contributed by atoms with Crippen LogP contribution in [0, 0.1) is 20.8 Å². The Kier molecular flexibility index (Phi) is 3.74. The van der Waals surface area contributed by atoms with E-state index in [0.717, 1.165) is 11.3 Å². The van der Waals surface area contributed by atoms with Crippen molar-refractivity contribution in [3.05, 3.63) is 58.5 Å². The first-order chi connectivity index (χ1) is 8.97. The lowest BCUT2D eigenvalue weighted by Gasteiger charge is -2.14. The molecule has 0 radical (unpaired) electrons. The van der Waals surface area contributed by atoms with Crippen LogP contribution in [0.15, 0.2) is 34.7 Å². The van der Waals surface area contributed by atoms with Crippen LogP contribution >= 0.6 is 0 Å². The van der Waals surface area contributed by atoms with E-state index in [1.807, 2.05) is 45.0 Å². The number of amides is 1. The zero-order valence-electron chi connectivity index (χ0n) is 11.8. The predicted octanol–water partition coefficient (Wildman–Crippen LogP) is 3.70. The van der Waals surface area contributed by atoms with Gasteiger partial charge in [-0.15, -0.1) is 0 Å². The van der Waals surface area contributed by atoms with Crippen molar-refractivity contribution < 1.29 is 9.21 Å². The average Bonchev–Trinajstić information content (AvgIpc) is 2.69. The molecule has 0 fully saturated rings. The number of rotatable bonds is 3. The molecule has 0 spiro atoms. The van der Waals surface area contributed by atoms with Gasteiger partial charge in [0.2, 0.25) is 0 Å². The molecule has 0 aliphatic carbocycles. The number of aryl methyl sites for hydroxylation is 3. The molecule has 3 heteroatoms. The van der Waals surface area contributed by atoms with Crippen LogP contribution < -0.4 is 5.32 Å². The minimum atomic E-state index is -0.0950. The quantitative estimate of drug-likeness (QED) is 0.911. The highest BCUT2D eigenvalue weighted by molar-refractivity contribution is 5.95. The summed E-state index contributed by atoms with van der Waals surface area (Å²) in [6, 6.07) is 9.91. The van der Waals surface area contributed by atoms with Crippen molar-refractivity contribution in [2.75, 3.05) is 0 Å². The summed E-state index contributed by atoms with van der Waals surface area (Å²) in [6.07, 6.45) is 0. The zero-order chi connectivity index (χ0) is 14.0. The van der Waals surface area contributed by atoms with Crippen LogP contribution in [-0.4, -0.2) is 5.91 Å². The standard InChI is InChI=1S/C16H19NO2/c1-10-5-7-14(8-6-10)12(3)17-16(18)15-9-11(2)19-13(15)4/h5-9,12H,1-4H3,(H,17,18)/t12-/m1/s1. The van der Waals surface area contributed by atoms with Crippen molar-refractivity contribution in [2.45, 2.75) is 33.7 Å². The third kappa shape index (κ3) is 3.05. The molecule has 1 amide bonds. The normalized spacial score (nSPS) is 12.2. The molecule has 3 nitrogen and oxygen atoms in total. The number of benzene rings is 1. The summed E-state index contributed by atoms with van der Waals surface area (Å²) in [5.74, 6) is 1.32. The summed E-state index contributed by atoms with van der Waals surface area (Å²) in [5, 5.41) is 2.99. The first kappa shape index (κ1) is 13.4. The minimum absolute atomic E-state index is 0.0253. The maximum Gasteiger partial charge on any atom is 0.255 e. The van der Waals surface area contributed by atoms with Crippen molar-refractivity contribution in [1.29, 1.82) is 0 Å². The number of hydrogen-bond acceptors (Lipinski definition) is 2. The molecule has 2 rings (SSSR count). The third-order valence-electron chi connectivity index (χ3n) is 3.21. The van der Waals surface area contributed by atoms with Crippen LogP contribution in [0.3, 0.4) is 0 Å². The van der Waals surface area contributed by atoms with E-state index in [0.29, 0.717) is 11.3 Å². The minimum Gasteiger partial charge on any atom is -0.466 e. The second-order valence-electron chi connectivity index (χ2n) is 4.93. The Morgan fingerprint density at radius 1 is 1.16 bits per heavy atom. The highest BCUT2D eigenvalue weighted by atomic mass is 16.3. The van der Waals surface area contributed by atoms with Crippen LogP contribution in [0.5, 0.6) is 0 Å². The van der Waals surface area contributed by atoms with Gasteiger partial charge in [-0.2, -0.15) is 0 Å². The first-order valence-electron chi connectivity index (χ1n) is 6.42. The summed E-state index contributed by atoms with van der Waals surface area (Å²) < 4.78 is 5.38. The molecule has 0 bridgehead atoms. The van der Waals surface area contributed by atoms with Crippen LogP contribution in [0.1, 0.15) is 46.0 Å². The fourth-order valence-corrected chi connectivity index (χ4v) is 2.07. The molecule has 0 aliphatic heterocycles. The molecule has 100 valence electrons. The van der Waals surface area contributed by atoms with Gasteiger partial charge >= 0.3 is 0 Å². The van der Waals surface area contributed by atoms with Crippen molar-refractivity contribution in [2.24, 2.45) is 0 Å². The second-order valence-corrected chi connectivity index (χ2v) is 4.93. The van der Waals surface area contributed by atoms with Crippen LogP contribution in [0.25, 0.3) is 0 Å². The molecule has 0 saturated heterocycles. The number of nitrogens with one attached hydrogen (secondary N) is 1. The summed E-state index contributed by atoms with van der Waals surface area (Å²) in [6.45, 7) is 7.67. The van der Waals surface area contributed by atoms with Crippen molar-refractivity contribution in [1.82, 2.24) is 5.32 Å². The molecule has 0 saturated carbocycles. The molecule has 2 aromatic rings. The molecular formula is C16H19NO2. The maximum absolute atomic E-state index is 12.2. The summed E-state index contributed by atoms with van der Waals surface area (Å²) in [7, 11) is 0. The summed E-state index contributed by atoms with van der Waals surface area (Å²) >= 11 is 0. The van der Waals surface area contributed by atoms with Crippen molar-refractivity contribution in [3.8, 4) is 0 Å². The van der Waals surface area contributed by atoms with Gasteiger partial charge in [0, 0.05) is 0 Å². The average molecular weight is 257 g/mol. The molecule has 0 unspecified atom stereocenters. The van der Waals surface area contributed by atoms with Gasteiger partial charge in [0.15, 0.2) is 0 Å². The maximum atomic E-state index is 12.2. The highest BCUT2D eigenvalue weighted by Gasteiger charge is 2.16. The lowest BCUT2D eigenvalue weighted by atomic mass is 10.1. The van der Waals surface area contributed by atoms with Gasteiger partial charge < -0.3 is 9.73 Å². The van der Waals surface area contributed by atoms with Gasteiger partial charge in [-0.1, -0.05) is 29.8 Å². The van der Waals surface area contributed by atoms with E-state index in [4.69, 9.17) is 4.42 Å². The van der Waals surface area contributed by atoms with Gasteiger partial charge in [-0.3, -0.25) is 4.79 Å². The van der Waals surface area contributed by atoms with Crippen LogP contribution in [0.2, 0.25) is 0 Å². The SMILES string of the molecule is Cc1ccc([C@@H](C)NC(=O)c2cc(C)oc2C)cc1. The first-order valence-corrected chi connectivity index (χ1v) is 6.42. The van der Waals surface area contributed by atoms with E-state index in [9.17, 15) is 4.79 Å². The van der Waals surface area contributed by atoms with Crippen LogP contribution in [0.4, 0.5) is 0 Å². The Labute approximate surface area is 113 Å². The van der Waals surface area contributed by atoms with Crippen molar-refractivity contribution >= 4 is 5.91 Å². The van der Waals surface area contributed by atoms with E-state index in [1.165, 1.54) is 5.56 Å². The molecule has 0 aliphatic rings. The Morgan fingerprint density at radius 3 is 2.32 bits per heavy atom. The van der Waals surface area contributed by atoms with Crippen molar-refractivity contribution in [3.63, 3.8) is 0 Å². The summed E-state index contributed by atoms with van der Waals surface area (Å²) in [5.41, 5.74) is 2.91. The number of carbonyl (C=O) groups is 1. The lowest BCUT2D eigenvalue weighted by Crippen LogP contribution is -2.26. The number of hydrogen-bond donors (Lipinski definition) is 1. The summed E-state index contributed by atoms with van der Waals surface area (Å²) in [4.78, 5) is 12.2. The highest BCUT2D eigenvalue weighted by Crippen LogP contribution is 2.17. The van der Waals surface area contributed by atoms with E-state index in [1.54, 1.807) is 13.0 Å². The van der Waals surface area contributed by atoms with E-state index in [-0.39, 0.29) is 11.9 Å². The third-order valence-corrected chi connectivity index (χ3v) is 3.21. The fourth-order valence-electron chi connectivity index (χ4n) is 2.07.